The number of nitro groups is 1. The van der Waals surface area contributed by atoms with Crippen LogP contribution in [0, 0.1) is 10.1 Å². The standard InChI is InChI=1S/C25H20BrN3O6/c26-20-9-5-4-8-19(20)23(30)27-21(14-17-10-12-18(13-11-17)29(34)35)24(31)28-22(25(32)33)15-16-6-2-1-3-7-16/h1-14,22H,15H2,(H,27,30)(H,28,31)(H,32,33)/b21-14-/t22-/m0/s1. The van der Waals surface area contributed by atoms with E-state index in [-0.39, 0.29) is 23.4 Å². The summed E-state index contributed by atoms with van der Waals surface area (Å²) in [5.41, 5.74) is 0.994. The summed E-state index contributed by atoms with van der Waals surface area (Å²) in [7, 11) is 0. The maximum Gasteiger partial charge on any atom is 0.326 e. The van der Waals surface area contributed by atoms with Gasteiger partial charge in [0.2, 0.25) is 0 Å². The largest absolute Gasteiger partial charge is 0.480 e. The number of carbonyl (C=O) groups excluding carboxylic acids is 2. The highest BCUT2D eigenvalue weighted by Gasteiger charge is 2.24. The number of carboxylic acids is 1. The number of non-ortho nitro benzene ring substituents is 1. The Labute approximate surface area is 208 Å². The van der Waals surface area contributed by atoms with Gasteiger partial charge in [-0.15, -0.1) is 0 Å². The number of halogens is 1. The first-order valence-electron chi connectivity index (χ1n) is 10.3. The normalized spacial score (nSPS) is 11.9. The van der Waals surface area contributed by atoms with Crippen molar-refractivity contribution >= 4 is 45.5 Å². The molecule has 0 saturated heterocycles. The number of nitro benzene ring substituents is 1. The number of rotatable bonds is 9. The molecular formula is C25H20BrN3O6. The molecule has 2 amide bonds. The molecule has 3 aromatic carbocycles. The Bertz CT molecular complexity index is 1280. The zero-order chi connectivity index (χ0) is 25.4. The van der Waals surface area contributed by atoms with Crippen LogP contribution in [-0.2, 0) is 16.0 Å². The first-order valence-corrected chi connectivity index (χ1v) is 11.1. The second-order valence-electron chi connectivity index (χ2n) is 7.39. The van der Waals surface area contributed by atoms with E-state index in [1.54, 1.807) is 54.6 Å². The summed E-state index contributed by atoms with van der Waals surface area (Å²) in [4.78, 5) is 48.1. The SMILES string of the molecule is O=C(N[C@@H](Cc1ccccc1)C(=O)O)/C(=C/c1ccc([N+](=O)[O-])cc1)NC(=O)c1ccccc1Br. The van der Waals surface area contributed by atoms with Gasteiger partial charge in [-0.2, -0.15) is 0 Å². The zero-order valence-corrected chi connectivity index (χ0v) is 19.8. The third-order valence-corrected chi connectivity index (χ3v) is 5.60. The van der Waals surface area contributed by atoms with E-state index in [9.17, 15) is 29.6 Å². The third kappa shape index (κ3) is 7.08. The van der Waals surface area contributed by atoms with E-state index in [1.807, 2.05) is 0 Å². The molecule has 0 heterocycles. The lowest BCUT2D eigenvalue weighted by molar-refractivity contribution is -0.384. The van der Waals surface area contributed by atoms with Gasteiger partial charge in [-0.1, -0.05) is 42.5 Å². The second kappa shape index (κ2) is 11.7. The van der Waals surface area contributed by atoms with Crippen molar-refractivity contribution in [2.75, 3.05) is 0 Å². The van der Waals surface area contributed by atoms with Gasteiger partial charge in [0.05, 0.1) is 10.5 Å². The highest BCUT2D eigenvalue weighted by Crippen LogP contribution is 2.18. The number of nitrogens with zero attached hydrogens (tertiary/aromatic N) is 1. The van der Waals surface area contributed by atoms with Crippen molar-refractivity contribution < 1.29 is 24.4 Å². The number of benzene rings is 3. The van der Waals surface area contributed by atoms with Crippen molar-refractivity contribution in [2.45, 2.75) is 12.5 Å². The van der Waals surface area contributed by atoms with Crippen LogP contribution in [0.15, 0.2) is 89.0 Å². The van der Waals surface area contributed by atoms with E-state index in [0.717, 1.165) is 0 Å². The van der Waals surface area contributed by atoms with Gasteiger partial charge in [0, 0.05) is 23.0 Å². The molecule has 10 heteroatoms. The van der Waals surface area contributed by atoms with Crippen molar-refractivity contribution in [3.05, 3.63) is 116 Å². The summed E-state index contributed by atoms with van der Waals surface area (Å²) in [6, 6.07) is 19.5. The van der Waals surface area contributed by atoms with E-state index < -0.39 is 28.7 Å². The van der Waals surface area contributed by atoms with Crippen molar-refractivity contribution in [2.24, 2.45) is 0 Å². The Morgan fingerprint density at radius 2 is 1.60 bits per heavy atom. The minimum atomic E-state index is -1.26. The van der Waals surface area contributed by atoms with Crippen LogP contribution in [0.3, 0.4) is 0 Å². The number of hydrogen-bond donors (Lipinski definition) is 3. The van der Waals surface area contributed by atoms with E-state index >= 15 is 0 Å². The van der Waals surface area contributed by atoms with Crippen LogP contribution < -0.4 is 10.6 Å². The van der Waals surface area contributed by atoms with Gasteiger partial charge in [-0.05, 0) is 57.4 Å². The summed E-state index contributed by atoms with van der Waals surface area (Å²) < 4.78 is 0.500. The highest BCUT2D eigenvalue weighted by molar-refractivity contribution is 9.10. The minimum absolute atomic E-state index is 0.0326. The lowest BCUT2D eigenvalue weighted by atomic mass is 10.1. The van der Waals surface area contributed by atoms with Crippen LogP contribution in [0.25, 0.3) is 6.08 Å². The summed E-state index contributed by atoms with van der Waals surface area (Å²) >= 11 is 3.29. The quantitative estimate of drug-likeness (QED) is 0.214. The lowest BCUT2D eigenvalue weighted by Gasteiger charge is -2.17. The van der Waals surface area contributed by atoms with Gasteiger partial charge >= 0.3 is 5.97 Å². The first kappa shape index (κ1) is 25.3. The molecule has 0 fully saturated rings. The molecule has 35 heavy (non-hydrogen) atoms. The van der Waals surface area contributed by atoms with E-state index in [1.165, 1.54) is 30.3 Å². The van der Waals surface area contributed by atoms with Crippen LogP contribution in [0.4, 0.5) is 5.69 Å². The van der Waals surface area contributed by atoms with Gasteiger partial charge in [0.15, 0.2) is 0 Å². The minimum Gasteiger partial charge on any atom is -0.480 e. The summed E-state index contributed by atoms with van der Waals surface area (Å²) in [5, 5.41) is 25.5. The van der Waals surface area contributed by atoms with Gasteiger partial charge in [0.25, 0.3) is 17.5 Å². The predicted molar refractivity (Wildman–Crippen MR) is 132 cm³/mol. The van der Waals surface area contributed by atoms with Crippen LogP contribution >= 0.6 is 15.9 Å². The van der Waals surface area contributed by atoms with E-state index in [4.69, 9.17) is 0 Å². The van der Waals surface area contributed by atoms with Crippen LogP contribution in [0.5, 0.6) is 0 Å². The summed E-state index contributed by atoms with van der Waals surface area (Å²) in [5.74, 6) is -2.67. The summed E-state index contributed by atoms with van der Waals surface area (Å²) in [6.07, 6.45) is 1.35. The van der Waals surface area contributed by atoms with Gasteiger partial charge in [-0.25, -0.2) is 4.79 Å². The molecule has 0 aliphatic heterocycles. The third-order valence-electron chi connectivity index (χ3n) is 4.91. The number of hydrogen-bond acceptors (Lipinski definition) is 5. The maximum absolute atomic E-state index is 13.1. The Balaban J connectivity index is 1.90. The van der Waals surface area contributed by atoms with Gasteiger partial charge in [-0.3, -0.25) is 19.7 Å². The second-order valence-corrected chi connectivity index (χ2v) is 8.25. The molecule has 0 aliphatic rings. The van der Waals surface area contributed by atoms with E-state index in [2.05, 4.69) is 26.6 Å². The van der Waals surface area contributed by atoms with Crippen molar-refractivity contribution in [3.8, 4) is 0 Å². The fraction of sp³-hybridized carbons (Fsp3) is 0.0800. The van der Waals surface area contributed by atoms with Crippen LogP contribution in [0.2, 0.25) is 0 Å². The molecule has 1 atom stereocenters. The number of aliphatic carboxylic acids is 1. The Hall–Kier alpha value is -4.31. The first-order chi connectivity index (χ1) is 16.7. The lowest BCUT2D eigenvalue weighted by Crippen LogP contribution is -2.45. The molecule has 0 aliphatic carbocycles. The van der Waals surface area contributed by atoms with Crippen molar-refractivity contribution in [1.29, 1.82) is 0 Å². The number of carboxylic acid groups (broad SMARTS) is 1. The average molecular weight is 538 g/mol. The molecule has 0 spiro atoms. The predicted octanol–water partition coefficient (Wildman–Crippen LogP) is 3.94. The molecule has 3 rings (SSSR count). The number of carbonyl (C=O) groups is 3. The highest BCUT2D eigenvalue weighted by atomic mass is 79.9. The molecule has 0 aromatic heterocycles. The number of amides is 2. The monoisotopic (exact) mass is 537 g/mol. The van der Waals surface area contributed by atoms with Crippen molar-refractivity contribution in [3.63, 3.8) is 0 Å². The molecular weight excluding hydrogens is 518 g/mol. The smallest absolute Gasteiger partial charge is 0.326 e. The molecule has 0 radical (unpaired) electrons. The Kier molecular flexibility index (Phi) is 8.47. The molecule has 3 aromatic rings. The van der Waals surface area contributed by atoms with Crippen LogP contribution in [0.1, 0.15) is 21.5 Å². The van der Waals surface area contributed by atoms with Gasteiger partial charge < -0.3 is 15.7 Å². The maximum atomic E-state index is 13.1. The van der Waals surface area contributed by atoms with Crippen LogP contribution in [-0.4, -0.2) is 33.9 Å². The summed E-state index contributed by atoms with van der Waals surface area (Å²) in [6.45, 7) is 0. The van der Waals surface area contributed by atoms with Crippen molar-refractivity contribution in [1.82, 2.24) is 10.6 Å². The Morgan fingerprint density at radius 3 is 2.20 bits per heavy atom. The average Bonchev–Trinajstić information content (AvgIpc) is 2.84. The van der Waals surface area contributed by atoms with E-state index in [0.29, 0.717) is 15.6 Å². The number of nitrogens with one attached hydrogen (secondary N) is 2. The van der Waals surface area contributed by atoms with Gasteiger partial charge in [0.1, 0.15) is 11.7 Å². The molecule has 0 unspecified atom stereocenters. The topological polar surface area (TPSA) is 139 Å². The fourth-order valence-electron chi connectivity index (χ4n) is 3.14. The fourth-order valence-corrected chi connectivity index (χ4v) is 3.60. The molecule has 0 bridgehead atoms. The zero-order valence-electron chi connectivity index (χ0n) is 18.2. The molecule has 178 valence electrons. The molecule has 0 saturated carbocycles. The molecule has 3 N–H and O–H groups in total. The Morgan fingerprint density at radius 1 is 0.971 bits per heavy atom. The molecule has 9 nitrogen and oxygen atoms in total.